The zero-order valence-electron chi connectivity index (χ0n) is 17.2. The van der Waals surface area contributed by atoms with Crippen LogP contribution in [0.1, 0.15) is 38.1 Å². The standard InChI is InChI=1S/C21H22N4O4S/c1-12(26)23-25(13(2)27)20-22-18-17(15-10-21(3,4)29-11-16(15)30-18)19(28)24(20)14-8-6-5-7-9-14/h5-9H,10-11H2,1-4H3,(H,23,26). The van der Waals surface area contributed by atoms with Gasteiger partial charge in [0.2, 0.25) is 17.8 Å². The average Bonchev–Trinajstić information content (AvgIpc) is 3.03. The molecule has 2 aromatic heterocycles. The SMILES string of the molecule is CC(=O)NN(C(C)=O)c1nc2sc3c(c2c(=O)n1-c1ccccc1)CC(C)(C)OC3. The number of benzene rings is 1. The molecule has 0 aliphatic carbocycles. The summed E-state index contributed by atoms with van der Waals surface area (Å²) < 4.78 is 7.27. The maximum atomic E-state index is 13.7. The summed E-state index contributed by atoms with van der Waals surface area (Å²) in [4.78, 5) is 43.9. The van der Waals surface area contributed by atoms with Crippen LogP contribution in [0.4, 0.5) is 5.95 Å². The number of aromatic nitrogens is 2. The number of hydrogen-bond donors (Lipinski definition) is 1. The molecule has 1 N–H and O–H groups in total. The predicted molar refractivity (Wildman–Crippen MR) is 115 cm³/mol. The van der Waals surface area contributed by atoms with Crippen LogP contribution in [0.15, 0.2) is 35.1 Å². The van der Waals surface area contributed by atoms with E-state index in [4.69, 9.17) is 4.74 Å². The average molecular weight is 426 g/mol. The first-order chi connectivity index (χ1) is 14.2. The molecule has 0 unspecified atom stereocenters. The molecule has 8 nitrogen and oxygen atoms in total. The third-order valence-corrected chi connectivity index (χ3v) is 5.99. The van der Waals surface area contributed by atoms with Crippen molar-refractivity contribution in [3.8, 4) is 5.69 Å². The quantitative estimate of drug-likeness (QED) is 0.636. The van der Waals surface area contributed by atoms with E-state index in [-0.39, 0.29) is 17.1 Å². The Morgan fingerprint density at radius 3 is 2.57 bits per heavy atom. The van der Waals surface area contributed by atoms with Crippen LogP contribution >= 0.6 is 11.3 Å². The number of hydrazine groups is 1. The highest BCUT2D eigenvalue weighted by atomic mass is 32.1. The number of ether oxygens (including phenoxy) is 1. The van der Waals surface area contributed by atoms with Crippen molar-refractivity contribution in [2.75, 3.05) is 5.01 Å². The Kier molecular flexibility index (Phi) is 4.95. The van der Waals surface area contributed by atoms with Crippen molar-refractivity contribution in [2.24, 2.45) is 0 Å². The van der Waals surface area contributed by atoms with E-state index in [2.05, 4.69) is 10.4 Å². The zero-order valence-corrected chi connectivity index (χ0v) is 18.0. The highest BCUT2D eigenvalue weighted by Crippen LogP contribution is 2.37. The van der Waals surface area contributed by atoms with Gasteiger partial charge in [-0.3, -0.25) is 19.8 Å². The first kappa shape index (κ1) is 20.2. The molecule has 0 bridgehead atoms. The summed E-state index contributed by atoms with van der Waals surface area (Å²) in [6, 6.07) is 8.95. The summed E-state index contributed by atoms with van der Waals surface area (Å²) in [5.41, 5.74) is 3.30. The van der Waals surface area contributed by atoms with E-state index in [1.54, 1.807) is 24.3 Å². The first-order valence-electron chi connectivity index (χ1n) is 9.52. The third kappa shape index (κ3) is 3.50. The van der Waals surface area contributed by atoms with Gasteiger partial charge in [-0.15, -0.1) is 11.3 Å². The van der Waals surface area contributed by atoms with Crippen molar-refractivity contribution < 1.29 is 14.3 Å². The van der Waals surface area contributed by atoms with Gasteiger partial charge in [-0.25, -0.2) is 9.55 Å². The van der Waals surface area contributed by atoms with Crippen LogP contribution in [-0.4, -0.2) is 27.0 Å². The molecule has 30 heavy (non-hydrogen) atoms. The number of carbonyl (C=O) groups excluding carboxylic acids is 2. The molecule has 4 rings (SSSR count). The summed E-state index contributed by atoms with van der Waals surface area (Å²) >= 11 is 1.38. The molecule has 0 fully saturated rings. The minimum absolute atomic E-state index is 0.0418. The summed E-state index contributed by atoms with van der Waals surface area (Å²) in [7, 11) is 0. The van der Waals surface area contributed by atoms with Crippen LogP contribution in [0.3, 0.4) is 0 Å². The van der Waals surface area contributed by atoms with Gasteiger partial charge in [-0.1, -0.05) is 18.2 Å². The minimum Gasteiger partial charge on any atom is -0.370 e. The van der Waals surface area contributed by atoms with Gasteiger partial charge in [0.05, 0.1) is 23.3 Å². The van der Waals surface area contributed by atoms with Gasteiger partial charge in [-0.05, 0) is 31.5 Å². The van der Waals surface area contributed by atoms with Gasteiger partial charge in [0.25, 0.3) is 5.56 Å². The maximum absolute atomic E-state index is 13.7. The van der Waals surface area contributed by atoms with Crippen molar-refractivity contribution in [3.63, 3.8) is 0 Å². The van der Waals surface area contributed by atoms with Crippen LogP contribution in [0.5, 0.6) is 0 Å². The Hall–Kier alpha value is -3.04. The Balaban J connectivity index is 2.05. The highest BCUT2D eigenvalue weighted by Gasteiger charge is 2.32. The number of nitrogens with zero attached hydrogens (tertiary/aromatic N) is 3. The molecular weight excluding hydrogens is 404 g/mol. The first-order valence-corrected chi connectivity index (χ1v) is 10.3. The number of thiophene rings is 1. The van der Waals surface area contributed by atoms with Crippen LogP contribution in [0, 0.1) is 0 Å². The molecule has 1 aliphatic rings. The molecule has 1 aromatic carbocycles. The molecule has 0 atom stereocenters. The summed E-state index contributed by atoms with van der Waals surface area (Å²) in [5.74, 6) is -0.869. The molecule has 0 spiro atoms. The van der Waals surface area contributed by atoms with Gasteiger partial charge in [0.1, 0.15) is 4.83 Å². The monoisotopic (exact) mass is 426 g/mol. The zero-order chi connectivity index (χ0) is 21.6. The van der Waals surface area contributed by atoms with Crippen molar-refractivity contribution >= 4 is 39.3 Å². The molecule has 9 heteroatoms. The van der Waals surface area contributed by atoms with Crippen LogP contribution < -0.4 is 16.0 Å². The van der Waals surface area contributed by atoms with E-state index < -0.39 is 11.8 Å². The third-order valence-electron chi connectivity index (χ3n) is 4.89. The van der Waals surface area contributed by atoms with Gasteiger partial charge >= 0.3 is 0 Å². The molecule has 2 amide bonds. The number of carbonyl (C=O) groups is 2. The second kappa shape index (κ2) is 7.33. The Bertz CT molecular complexity index is 1210. The van der Waals surface area contributed by atoms with Crippen LogP contribution in [0.2, 0.25) is 0 Å². The van der Waals surface area contributed by atoms with E-state index in [0.29, 0.717) is 28.9 Å². The van der Waals surface area contributed by atoms with Crippen LogP contribution in [0.25, 0.3) is 15.9 Å². The fourth-order valence-corrected chi connectivity index (χ4v) is 4.66. The summed E-state index contributed by atoms with van der Waals surface area (Å²) in [6.45, 7) is 6.99. The number of hydrogen-bond acceptors (Lipinski definition) is 6. The predicted octanol–water partition coefficient (Wildman–Crippen LogP) is 2.70. The van der Waals surface area contributed by atoms with Gasteiger partial charge in [0.15, 0.2) is 0 Å². The second-order valence-electron chi connectivity index (χ2n) is 7.82. The maximum Gasteiger partial charge on any atom is 0.268 e. The normalized spacial score (nSPS) is 14.9. The molecule has 0 radical (unpaired) electrons. The molecular formula is C21H22N4O4S. The van der Waals surface area contributed by atoms with Gasteiger partial charge in [-0.2, -0.15) is 5.01 Å². The highest BCUT2D eigenvalue weighted by molar-refractivity contribution is 7.18. The summed E-state index contributed by atoms with van der Waals surface area (Å²) in [6.07, 6.45) is 0.593. The van der Waals surface area contributed by atoms with E-state index in [0.717, 1.165) is 15.4 Å². The molecule has 0 saturated carbocycles. The second-order valence-corrected chi connectivity index (χ2v) is 8.90. The van der Waals surface area contributed by atoms with Gasteiger partial charge in [0, 0.05) is 25.1 Å². The summed E-state index contributed by atoms with van der Waals surface area (Å²) in [5, 5.41) is 1.54. The van der Waals surface area contributed by atoms with Gasteiger partial charge < -0.3 is 4.74 Å². The lowest BCUT2D eigenvalue weighted by Gasteiger charge is -2.30. The van der Waals surface area contributed by atoms with Crippen LogP contribution in [-0.2, 0) is 27.4 Å². The number of fused-ring (bicyclic) bond motifs is 3. The number of para-hydroxylation sites is 1. The Morgan fingerprint density at radius 1 is 1.23 bits per heavy atom. The van der Waals surface area contributed by atoms with Crippen molar-refractivity contribution in [3.05, 3.63) is 51.1 Å². The van der Waals surface area contributed by atoms with E-state index in [1.165, 1.54) is 29.8 Å². The molecule has 1 aliphatic heterocycles. The van der Waals surface area contributed by atoms with E-state index in [9.17, 15) is 14.4 Å². The molecule has 3 aromatic rings. The van der Waals surface area contributed by atoms with E-state index in [1.807, 2.05) is 19.9 Å². The molecule has 156 valence electrons. The topological polar surface area (TPSA) is 93.5 Å². The lowest BCUT2D eigenvalue weighted by atomic mass is 9.94. The Morgan fingerprint density at radius 2 is 1.93 bits per heavy atom. The lowest BCUT2D eigenvalue weighted by molar-refractivity contribution is -0.124. The number of amides is 2. The lowest BCUT2D eigenvalue weighted by Crippen LogP contribution is -2.47. The molecule has 3 heterocycles. The fourth-order valence-electron chi connectivity index (χ4n) is 3.57. The van der Waals surface area contributed by atoms with Crippen molar-refractivity contribution in [1.82, 2.24) is 15.0 Å². The van der Waals surface area contributed by atoms with Crippen molar-refractivity contribution in [2.45, 2.75) is 46.3 Å². The Labute approximate surface area is 177 Å². The smallest absolute Gasteiger partial charge is 0.268 e. The van der Waals surface area contributed by atoms with E-state index >= 15 is 0 Å². The minimum atomic E-state index is -0.466. The number of nitrogens with one attached hydrogen (secondary N) is 1. The molecule has 0 saturated heterocycles. The largest absolute Gasteiger partial charge is 0.370 e. The van der Waals surface area contributed by atoms with Crippen molar-refractivity contribution in [1.29, 1.82) is 0 Å². The fraction of sp³-hybridized carbons (Fsp3) is 0.333. The number of anilines is 1. The number of rotatable bonds is 2.